The van der Waals surface area contributed by atoms with Crippen LogP contribution in [0.25, 0.3) is 0 Å². The predicted molar refractivity (Wildman–Crippen MR) is 96.5 cm³/mol. The number of likely N-dealkylation sites (N-methyl/N-ethyl adjacent to an activating group) is 1. The zero-order valence-electron chi connectivity index (χ0n) is 15.3. The van der Waals surface area contributed by atoms with E-state index in [0.29, 0.717) is 24.0 Å². The third-order valence-corrected chi connectivity index (χ3v) is 5.53. The summed E-state index contributed by atoms with van der Waals surface area (Å²) in [6.45, 7) is 6.47. The summed E-state index contributed by atoms with van der Waals surface area (Å²) in [5, 5.41) is 3.63. The van der Waals surface area contributed by atoms with Crippen LogP contribution in [0.3, 0.4) is 0 Å². The van der Waals surface area contributed by atoms with Gasteiger partial charge in [0.05, 0.1) is 0 Å². The van der Waals surface area contributed by atoms with E-state index in [1.54, 1.807) is 0 Å². The van der Waals surface area contributed by atoms with E-state index in [-0.39, 0.29) is 12.5 Å². The second-order valence-electron chi connectivity index (χ2n) is 7.75. The van der Waals surface area contributed by atoms with Gasteiger partial charge in [0.2, 0.25) is 0 Å². The number of piperidine rings is 1. The number of rotatable bonds is 5. The molecule has 0 saturated carbocycles. The van der Waals surface area contributed by atoms with Gasteiger partial charge in [-0.2, -0.15) is 0 Å². The number of hydrogen-bond donors (Lipinski definition) is 1. The van der Waals surface area contributed by atoms with Crippen LogP contribution < -0.4 is 10.1 Å². The van der Waals surface area contributed by atoms with Crippen molar-refractivity contribution >= 4 is 5.91 Å². The fourth-order valence-electron chi connectivity index (χ4n) is 4.03. The second-order valence-corrected chi connectivity index (χ2v) is 7.75. The number of benzene rings is 1. The molecule has 3 rings (SSSR count). The minimum atomic E-state index is 0.0810. The van der Waals surface area contributed by atoms with E-state index in [2.05, 4.69) is 38.2 Å². The molecule has 2 unspecified atom stereocenters. The number of hydrogen-bond acceptors (Lipinski definition) is 3. The van der Waals surface area contributed by atoms with Crippen LogP contribution in [-0.2, 0) is 4.79 Å². The molecule has 2 heterocycles. The monoisotopic (exact) mass is 330 g/mol. The molecule has 1 amide bonds. The summed E-state index contributed by atoms with van der Waals surface area (Å²) in [6, 6.07) is 7.77. The molecule has 132 valence electrons. The Morgan fingerprint density at radius 2 is 1.96 bits per heavy atom. The molecule has 1 aromatic carbocycles. The van der Waals surface area contributed by atoms with E-state index in [1.807, 2.05) is 18.0 Å². The Morgan fingerprint density at radius 1 is 1.29 bits per heavy atom. The van der Waals surface area contributed by atoms with Gasteiger partial charge in [0.25, 0.3) is 5.91 Å². The number of nitrogens with zero attached hydrogens (tertiary/aromatic N) is 1. The van der Waals surface area contributed by atoms with Crippen LogP contribution in [0.4, 0.5) is 0 Å². The molecule has 4 heteroatoms. The van der Waals surface area contributed by atoms with E-state index < -0.39 is 0 Å². The highest BCUT2D eigenvalue weighted by Crippen LogP contribution is 2.30. The molecule has 0 spiro atoms. The van der Waals surface area contributed by atoms with Crippen LogP contribution >= 0.6 is 0 Å². The van der Waals surface area contributed by atoms with E-state index >= 15 is 0 Å². The normalized spacial score (nSPS) is 25.8. The van der Waals surface area contributed by atoms with Crippen molar-refractivity contribution < 1.29 is 9.53 Å². The van der Waals surface area contributed by atoms with Crippen LogP contribution in [-0.4, -0.2) is 42.6 Å². The Hall–Kier alpha value is -1.55. The topological polar surface area (TPSA) is 41.6 Å². The molecular weight excluding hydrogens is 300 g/mol. The summed E-state index contributed by atoms with van der Waals surface area (Å²) in [6.07, 6.45) is 4.64. The van der Waals surface area contributed by atoms with Crippen molar-refractivity contribution in [2.75, 3.05) is 13.7 Å². The molecule has 1 aromatic rings. The molecule has 2 bridgehead atoms. The van der Waals surface area contributed by atoms with Crippen molar-refractivity contribution in [2.45, 2.75) is 70.5 Å². The molecule has 24 heavy (non-hydrogen) atoms. The number of carbonyl (C=O) groups excluding carboxylic acids is 1. The van der Waals surface area contributed by atoms with Gasteiger partial charge in [-0.05, 0) is 55.7 Å². The van der Waals surface area contributed by atoms with E-state index in [1.165, 1.54) is 12.8 Å². The Labute approximate surface area is 145 Å². The molecule has 2 saturated heterocycles. The predicted octanol–water partition coefficient (Wildman–Crippen LogP) is 3.24. The minimum absolute atomic E-state index is 0.0810. The molecule has 2 fully saturated rings. The molecular formula is C20H30N2O2. The Morgan fingerprint density at radius 3 is 2.58 bits per heavy atom. The van der Waals surface area contributed by atoms with Gasteiger partial charge in [-0.1, -0.05) is 26.0 Å². The number of carbonyl (C=O) groups is 1. The van der Waals surface area contributed by atoms with Crippen LogP contribution in [0.1, 0.15) is 56.6 Å². The van der Waals surface area contributed by atoms with Crippen LogP contribution in [0.15, 0.2) is 18.2 Å². The zero-order valence-corrected chi connectivity index (χ0v) is 15.3. The largest absolute Gasteiger partial charge is 0.483 e. The van der Waals surface area contributed by atoms with E-state index in [0.717, 1.165) is 29.7 Å². The Kier molecular flexibility index (Phi) is 5.14. The smallest absolute Gasteiger partial charge is 0.260 e. The summed E-state index contributed by atoms with van der Waals surface area (Å²) in [7, 11) is 1.93. The molecule has 0 radical (unpaired) electrons. The maximum atomic E-state index is 12.6. The summed E-state index contributed by atoms with van der Waals surface area (Å²) >= 11 is 0. The first-order chi connectivity index (χ1) is 11.4. The Bertz CT molecular complexity index is 587. The highest BCUT2D eigenvalue weighted by Gasteiger charge is 2.36. The van der Waals surface area contributed by atoms with Gasteiger partial charge in [0.15, 0.2) is 6.61 Å². The quantitative estimate of drug-likeness (QED) is 0.901. The summed E-state index contributed by atoms with van der Waals surface area (Å²) in [5.74, 6) is 1.31. The maximum absolute atomic E-state index is 12.6. The fraction of sp³-hybridized carbons (Fsp3) is 0.650. The minimum Gasteiger partial charge on any atom is -0.483 e. The summed E-state index contributed by atoms with van der Waals surface area (Å²) in [5.41, 5.74) is 2.32. The third kappa shape index (κ3) is 3.75. The van der Waals surface area contributed by atoms with Crippen molar-refractivity contribution in [3.63, 3.8) is 0 Å². The van der Waals surface area contributed by atoms with Gasteiger partial charge in [-0.25, -0.2) is 0 Å². The lowest BCUT2D eigenvalue weighted by atomic mass is 9.98. The van der Waals surface area contributed by atoms with Gasteiger partial charge < -0.3 is 15.0 Å². The van der Waals surface area contributed by atoms with E-state index in [4.69, 9.17) is 4.74 Å². The number of aryl methyl sites for hydroxylation is 1. The Balaban J connectivity index is 1.60. The van der Waals surface area contributed by atoms with Gasteiger partial charge in [-0.15, -0.1) is 0 Å². The van der Waals surface area contributed by atoms with Gasteiger partial charge in [0, 0.05) is 25.2 Å². The second kappa shape index (κ2) is 7.14. The molecule has 1 N–H and O–H groups in total. The average molecular weight is 330 g/mol. The summed E-state index contributed by atoms with van der Waals surface area (Å²) < 4.78 is 5.92. The molecule has 0 aromatic heterocycles. The third-order valence-electron chi connectivity index (χ3n) is 5.53. The zero-order chi connectivity index (χ0) is 17.3. The highest BCUT2D eigenvalue weighted by atomic mass is 16.5. The van der Waals surface area contributed by atoms with Crippen molar-refractivity contribution in [3.8, 4) is 5.75 Å². The fourth-order valence-corrected chi connectivity index (χ4v) is 4.03. The first kappa shape index (κ1) is 17.3. The van der Waals surface area contributed by atoms with Crippen molar-refractivity contribution in [2.24, 2.45) is 0 Å². The molecule has 4 nitrogen and oxygen atoms in total. The molecule has 2 atom stereocenters. The first-order valence-corrected chi connectivity index (χ1v) is 9.19. The molecule has 0 aliphatic carbocycles. The number of fused-ring (bicyclic) bond motifs is 2. The SMILES string of the molecule is Cc1ccc(C(C)C)c(OCC(=O)N(C)C2CC3CCC(C2)N3)c1. The number of amides is 1. The maximum Gasteiger partial charge on any atom is 0.260 e. The molecule has 2 aliphatic rings. The average Bonchev–Trinajstić information content (AvgIpc) is 2.89. The summed E-state index contributed by atoms with van der Waals surface area (Å²) in [4.78, 5) is 14.5. The lowest BCUT2D eigenvalue weighted by Crippen LogP contribution is -2.49. The van der Waals surface area contributed by atoms with Gasteiger partial charge in [0.1, 0.15) is 5.75 Å². The first-order valence-electron chi connectivity index (χ1n) is 9.19. The van der Waals surface area contributed by atoms with Crippen molar-refractivity contribution in [1.82, 2.24) is 10.2 Å². The van der Waals surface area contributed by atoms with Gasteiger partial charge in [-0.3, -0.25) is 4.79 Å². The van der Waals surface area contributed by atoms with Crippen LogP contribution in [0, 0.1) is 6.92 Å². The van der Waals surface area contributed by atoms with Crippen molar-refractivity contribution in [3.05, 3.63) is 29.3 Å². The van der Waals surface area contributed by atoms with Crippen LogP contribution in [0.5, 0.6) is 5.75 Å². The number of nitrogens with one attached hydrogen (secondary N) is 1. The lowest BCUT2D eigenvalue weighted by Gasteiger charge is -2.35. The molecule has 2 aliphatic heterocycles. The standard InChI is InChI=1S/C20H30N2O2/c1-13(2)18-8-5-14(3)9-19(18)24-12-20(23)22(4)17-10-15-6-7-16(11-17)21-15/h5,8-9,13,15-17,21H,6-7,10-12H2,1-4H3. The van der Waals surface area contributed by atoms with Crippen molar-refractivity contribution in [1.29, 1.82) is 0 Å². The number of ether oxygens (including phenoxy) is 1. The van der Waals surface area contributed by atoms with Gasteiger partial charge >= 0.3 is 0 Å². The van der Waals surface area contributed by atoms with Crippen LogP contribution in [0.2, 0.25) is 0 Å². The highest BCUT2D eigenvalue weighted by molar-refractivity contribution is 5.78. The van der Waals surface area contributed by atoms with E-state index in [9.17, 15) is 4.79 Å². The lowest BCUT2D eigenvalue weighted by molar-refractivity contribution is -0.134.